The van der Waals surface area contributed by atoms with E-state index in [9.17, 15) is 0 Å². The number of ether oxygens (including phenoxy) is 1. The first-order valence-electron chi connectivity index (χ1n) is 21.2. The fourth-order valence-corrected chi connectivity index (χ4v) is 9.56. The van der Waals surface area contributed by atoms with Gasteiger partial charge in [-0.15, -0.1) is 0 Å². The zero-order valence-corrected chi connectivity index (χ0v) is 33.9. The first kappa shape index (κ1) is 35.7. The molecule has 0 spiro atoms. The minimum Gasteiger partial charge on any atom is -0.456 e. The van der Waals surface area contributed by atoms with Crippen LogP contribution in [0.4, 0.5) is 17.1 Å². The molecule has 0 saturated carbocycles. The fraction of sp³-hybridized carbons (Fsp3) is 0. The Hall–Kier alpha value is -8.20. The van der Waals surface area contributed by atoms with Crippen molar-refractivity contribution in [3.63, 3.8) is 0 Å². The summed E-state index contributed by atoms with van der Waals surface area (Å²) in [4.78, 5) is 2.46. The van der Waals surface area contributed by atoms with Gasteiger partial charge in [0.1, 0.15) is 11.5 Å². The summed E-state index contributed by atoms with van der Waals surface area (Å²) in [6.07, 6.45) is 0. The van der Waals surface area contributed by atoms with E-state index in [-0.39, 0.29) is 0 Å². The molecule has 1 aliphatic rings. The molecule has 0 aliphatic carbocycles. The van der Waals surface area contributed by atoms with Crippen LogP contribution in [0, 0.1) is 0 Å². The highest BCUT2D eigenvalue weighted by molar-refractivity contribution is 6.10. The Morgan fingerprint density at radius 1 is 0.258 bits per heavy atom. The maximum Gasteiger partial charge on any atom is 0.135 e. The van der Waals surface area contributed by atoms with Crippen LogP contribution in [0.2, 0.25) is 0 Å². The molecule has 62 heavy (non-hydrogen) atoms. The lowest BCUT2D eigenvalue weighted by molar-refractivity contribution is 0.487. The van der Waals surface area contributed by atoms with Crippen molar-refractivity contribution in [3.8, 4) is 67.1 Å². The van der Waals surface area contributed by atoms with Crippen LogP contribution < -0.4 is 9.64 Å². The van der Waals surface area contributed by atoms with Crippen molar-refractivity contribution in [1.82, 2.24) is 0 Å². The zero-order chi connectivity index (χ0) is 41.0. The average molecular weight is 790 g/mol. The molecule has 11 aromatic carbocycles. The van der Waals surface area contributed by atoms with E-state index in [1.54, 1.807) is 0 Å². The van der Waals surface area contributed by atoms with Crippen molar-refractivity contribution in [2.24, 2.45) is 0 Å². The van der Waals surface area contributed by atoms with Crippen molar-refractivity contribution in [2.75, 3.05) is 4.90 Å². The molecule has 0 saturated heterocycles. The molecule has 2 nitrogen and oxygen atoms in total. The van der Waals surface area contributed by atoms with Gasteiger partial charge in [-0.1, -0.05) is 182 Å². The number of hydrogen-bond acceptors (Lipinski definition) is 2. The standard InChI is InChI=1S/C60H39NO/c1-2-16-42(17-3-1)50-25-12-19-43-20-13-26-53(59(43)50)51-23-7-10-28-56(51)61(48-35-33-41(34-36-48)45-32-31-40-15-4-5-18-44(40)37-45)55-27-9-6-22-49(55)47-38-46-21-14-30-58-60(46)54(39-47)52-24-8-11-29-57(52)62-58/h1-39H. The van der Waals surface area contributed by atoms with E-state index >= 15 is 0 Å². The molecule has 290 valence electrons. The molecule has 0 bridgehead atoms. The van der Waals surface area contributed by atoms with Gasteiger partial charge in [-0.05, 0) is 120 Å². The van der Waals surface area contributed by atoms with Crippen LogP contribution >= 0.6 is 0 Å². The van der Waals surface area contributed by atoms with Crippen LogP contribution in [0.25, 0.3) is 88.0 Å². The largest absolute Gasteiger partial charge is 0.456 e. The molecule has 0 fully saturated rings. The molecule has 1 heterocycles. The Bertz CT molecular complexity index is 3490. The third kappa shape index (κ3) is 6.04. The molecular weight excluding hydrogens is 751 g/mol. The number of rotatable bonds is 7. The van der Waals surface area contributed by atoms with E-state index in [1.165, 1.54) is 54.9 Å². The first-order valence-corrected chi connectivity index (χ1v) is 21.2. The van der Waals surface area contributed by atoms with Crippen LogP contribution in [0.1, 0.15) is 0 Å². The second kappa shape index (κ2) is 14.8. The highest BCUT2D eigenvalue weighted by atomic mass is 16.5. The van der Waals surface area contributed by atoms with Gasteiger partial charge in [0.15, 0.2) is 0 Å². The van der Waals surface area contributed by atoms with Gasteiger partial charge in [0.25, 0.3) is 0 Å². The molecule has 11 aromatic rings. The predicted octanol–water partition coefficient (Wildman–Crippen LogP) is 17.1. The zero-order valence-electron chi connectivity index (χ0n) is 33.9. The lowest BCUT2D eigenvalue weighted by Gasteiger charge is -2.31. The second-order valence-electron chi connectivity index (χ2n) is 16.0. The number of anilines is 3. The molecule has 1 aliphatic heterocycles. The van der Waals surface area contributed by atoms with E-state index in [0.717, 1.165) is 61.6 Å². The van der Waals surface area contributed by atoms with Crippen molar-refractivity contribution < 1.29 is 4.74 Å². The lowest BCUT2D eigenvalue weighted by Crippen LogP contribution is -2.12. The van der Waals surface area contributed by atoms with E-state index < -0.39 is 0 Å². The van der Waals surface area contributed by atoms with Gasteiger partial charge in [0.05, 0.1) is 11.4 Å². The summed E-state index contributed by atoms with van der Waals surface area (Å²) >= 11 is 0. The fourth-order valence-electron chi connectivity index (χ4n) is 9.56. The smallest absolute Gasteiger partial charge is 0.135 e. The third-order valence-corrected chi connectivity index (χ3v) is 12.4. The maximum atomic E-state index is 6.45. The predicted molar refractivity (Wildman–Crippen MR) is 261 cm³/mol. The Kier molecular flexibility index (Phi) is 8.53. The molecule has 0 N–H and O–H groups in total. The minimum absolute atomic E-state index is 0.880. The number of nitrogens with zero attached hydrogens (tertiary/aromatic N) is 1. The van der Waals surface area contributed by atoms with Gasteiger partial charge in [-0.3, -0.25) is 0 Å². The Labute approximate surface area is 361 Å². The van der Waals surface area contributed by atoms with Gasteiger partial charge in [-0.2, -0.15) is 0 Å². The summed E-state index contributed by atoms with van der Waals surface area (Å²) in [5.74, 6) is 1.77. The van der Waals surface area contributed by atoms with Crippen LogP contribution in [0.5, 0.6) is 11.5 Å². The van der Waals surface area contributed by atoms with Crippen molar-refractivity contribution >= 4 is 49.4 Å². The van der Waals surface area contributed by atoms with E-state index in [2.05, 4.69) is 235 Å². The number of benzene rings is 11. The Balaban J connectivity index is 1.09. The van der Waals surface area contributed by atoms with Gasteiger partial charge < -0.3 is 9.64 Å². The number of fused-ring (bicyclic) bond motifs is 4. The highest BCUT2D eigenvalue weighted by Crippen LogP contribution is 2.51. The van der Waals surface area contributed by atoms with Crippen LogP contribution in [-0.4, -0.2) is 0 Å². The normalized spacial score (nSPS) is 11.7. The Morgan fingerprint density at radius 2 is 0.823 bits per heavy atom. The summed E-state index contributed by atoms with van der Waals surface area (Å²) in [5.41, 5.74) is 14.9. The van der Waals surface area contributed by atoms with Crippen LogP contribution in [-0.2, 0) is 0 Å². The highest BCUT2D eigenvalue weighted by Gasteiger charge is 2.25. The molecule has 2 heteroatoms. The van der Waals surface area contributed by atoms with Gasteiger partial charge in [-0.25, -0.2) is 0 Å². The first-order chi connectivity index (χ1) is 30.7. The van der Waals surface area contributed by atoms with Crippen LogP contribution in [0.3, 0.4) is 0 Å². The summed E-state index contributed by atoms with van der Waals surface area (Å²) in [5, 5.41) is 7.21. The molecule has 12 rings (SSSR count). The van der Waals surface area contributed by atoms with Crippen molar-refractivity contribution in [3.05, 3.63) is 237 Å². The second-order valence-corrected chi connectivity index (χ2v) is 16.0. The SMILES string of the molecule is c1ccc(-c2cccc3cccc(-c4ccccc4N(c4ccc(-c5ccc6ccccc6c5)cc4)c4ccccc4-c4cc5c6c(cccc6c4)Oc4ccccc4-5)c23)cc1. The monoisotopic (exact) mass is 789 g/mol. The summed E-state index contributed by atoms with van der Waals surface area (Å²) in [6, 6.07) is 85.7. The lowest BCUT2D eigenvalue weighted by atomic mass is 9.89. The molecular formula is C60H39NO. The van der Waals surface area contributed by atoms with E-state index in [4.69, 9.17) is 4.74 Å². The quantitative estimate of drug-likeness (QED) is 0.159. The number of para-hydroxylation sites is 3. The molecule has 0 aromatic heterocycles. The van der Waals surface area contributed by atoms with Crippen molar-refractivity contribution in [2.45, 2.75) is 0 Å². The van der Waals surface area contributed by atoms with Crippen molar-refractivity contribution in [1.29, 1.82) is 0 Å². The summed E-state index contributed by atoms with van der Waals surface area (Å²) < 4.78 is 6.45. The van der Waals surface area contributed by atoms with E-state index in [1.807, 2.05) is 6.07 Å². The molecule has 0 amide bonds. The Morgan fingerprint density at radius 3 is 1.65 bits per heavy atom. The number of hydrogen-bond donors (Lipinski definition) is 0. The topological polar surface area (TPSA) is 12.5 Å². The summed E-state index contributed by atoms with van der Waals surface area (Å²) in [7, 11) is 0. The van der Waals surface area contributed by atoms with Gasteiger partial charge >= 0.3 is 0 Å². The minimum atomic E-state index is 0.880. The maximum absolute atomic E-state index is 6.45. The molecule has 0 atom stereocenters. The van der Waals surface area contributed by atoms with Gasteiger partial charge in [0, 0.05) is 27.8 Å². The molecule has 0 radical (unpaired) electrons. The van der Waals surface area contributed by atoms with E-state index in [0.29, 0.717) is 0 Å². The van der Waals surface area contributed by atoms with Gasteiger partial charge in [0.2, 0.25) is 0 Å². The van der Waals surface area contributed by atoms with Crippen LogP contribution in [0.15, 0.2) is 237 Å². The summed E-state index contributed by atoms with van der Waals surface area (Å²) in [6.45, 7) is 0. The average Bonchev–Trinajstić information content (AvgIpc) is 3.34. The molecule has 0 unspecified atom stereocenters. The third-order valence-electron chi connectivity index (χ3n) is 12.4.